The SMILES string of the molecule is NCCOc1cc(C(=O)NCCCc2ccccc2)cc(-c2cc(O)c3ncccc3c2)c1. The first-order chi connectivity index (χ1) is 16.1. The Labute approximate surface area is 193 Å². The van der Waals surface area contributed by atoms with Crippen molar-refractivity contribution in [2.45, 2.75) is 12.8 Å². The molecule has 6 nitrogen and oxygen atoms in total. The number of carbonyl (C=O) groups is 1. The lowest BCUT2D eigenvalue weighted by Crippen LogP contribution is -2.25. The Morgan fingerprint density at radius 1 is 1.00 bits per heavy atom. The van der Waals surface area contributed by atoms with Crippen LogP contribution in [-0.2, 0) is 6.42 Å². The molecule has 6 heteroatoms. The van der Waals surface area contributed by atoms with Gasteiger partial charge < -0.3 is 20.9 Å². The van der Waals surface area contributed by atoms with Gasteiger partial charge in [0.05, 0.1) is 0 Å². The van der Waals surface area contributed by atoms with E-state index in [1.165, 1.54) is 5.56 Å². The second kappa shape index (κ2) is 10.6. The predicted molar refractivity (Wildman–Crippen MR) is 130 cm³/mol. The number of phenolic OH excluding ortho intramolecular Hbond substituents is 1. The van der Waals surface area contributed by atoms with E-state index in [1.54, 1.807) is 24.4 Å². The van der Waals surface area contributed by atoms with E-state index in [4.69, 9.17) is 10.5 Å². The first-order valence-corrected chi connectivity index (χ1v) is 11.0. The molecule has 0 bridgehead atoms. The predicted octanol–water partition coefficient (Wildman–Crippen LogP) is 4.31. The number of benzene rings is 3. The molecule has 4 aromatic rings. The van der Waals surface area contributed by atoms with Gasteiger partial charge in [0.25, 0.3) is 5.91 Å². The summed E-state index contributed by atoms with van der Waals surface area (Å²) in [4.78, 5) is 17.1. The van der Waals surface area contributed by atoms with Gasteiger partial charge in [-0.3, -0.25) is 9.78 Å². The number of hydrogen-bond donors (Lipinski definition) is 3. The molecule has 0 saturated carbocycles. The monoisotopic (exact) mass is 441 g/mol. The van der Waals surface area contributed by atoms with Gasteiger partial charge in [0, 0.05) is 30.2 Å². The van der Waals surface area contributed by atoms with Gasteiger partial charge in [-0.05, 0) is 65.9 Å². The van der Waals surface area contributed by atoms with Crippen molar-refractivity contribution < 1.29 is 14.6 Å². The molecule has 0 unspecified atom stereocenters. The lowest BCUT2D eigenvalue weighted by molar-refractivity contribution is 0.0953. The highest BCUT2D eigenvalue weighted by molar-refractivity contribution is 5.97. The summed E-state index contributed by atoms with van der Waals surface area (Å²) in [5.74, 6) is 0.468. The molecule has 0 fully saturated rings. The first kappa shape index (κ1) is 22.3. The number of phenols is 1. The van der Waals surface area contributed by atoms with Crippen LogP contribution in [0.2, 0.25) is 0 Å². The number of amides is 1. The number of pyridine rings is 1. The van der Waals surface area contributed by atoms with Gasteiger partial charge in [-0.1, -0.05) is 36.4 Å². The molecule has 33 heavy (non-hydrogen) atoms. The number of carbonyl (C=O) groups excluding carboxylic acids is 1. The number of fused-ring (bicyclic) bond motifs is 1. The van der Waals surface area contributed by atoms with Gasteiger partial charge in [-0.2, -0.15) is 0 Å². The maximum Gasteiger partial charge on any atom is 0.251 e. The molecule has 0 saturated heterocycles. The van der Waals surface area contributed by atoms with Gasteiger partial charge >= 0.3 is 0 Å². The van der Waals surface area contributed by atoms with Crippen LogP contribution in [0.5, 0.6) is 11.5 Å². The van der Waals surface area contributed by atoms with E-state index in [0.29, 0.717) is 36.5 Å². The highest BCUT2D eigenvalue weighted by atomic mass is 16.5. The molecule has 1 aromatic heterocycles. The number of nitrogens with one attached hydrogen (secondary N) is 1. The van der Waals surface area contributed by atoms with Crippen LogP contribution in [0.1, 0.15) is 22.3 Å². The number of rotatable bonds is 9. The molecule has 1 amide bonds. The van der Waals surface area contributed by atoms with Crippen molar-refractivity contribution in [3.63, 3.8) is 0 Å². The summed E-state index contributed by atoms with van der Waals surface area (Å²) in [6.07, 6.45) is 3.39. The van der Waals surface area contributed by atoms with Crippen LogP contribution < -0.4 is 15.8 Å². The normalized spacial score (nSPS) is 10.8. The van der Waals surface area contributed by atoms with Crippen molar-refractivity contribution in [2.75, 3.05) is 19.7 Å². The Morgan fingerprint density at radius 2 is 1.82 bits per heavy atom. The van der Waals surface area contributed by atoms with Crippen LogP contribution in [0, 0.1) is 0 Å². The molecular weight excluding hydrogens is 414 g/mol. The Balaban J connectivity index is 1.55. The minimum atomic E-state index is -0.172. The maximum absolute atomic E-state index is 12.9. The second-order valence-corrected chi connectivity index (χ2v) is 7.80. The summed E-state index contributed by atoms with van der Waals surface area (Å²) in [6, 6.07) is 22.9. The van der Waals surface area contributed by atoms with E-state index in [-0.39, 0.29) is 11.7 Å². The number of nitrogens with two attached hydrogens (primary N) is 1. The lowest BCUT2D eigenvalue weighted by Gasteiger charge is -2.13. The zero-order valence-corrected chi connectivity index (χ0v) is 18.3. The fraction of sp³-hybridized carbons (Fsp3) is 0.185. The van der Waals surface area contributed by atoms with Crippen LogP contribution in [0.15, 0.2) is 79.0 Å². The summed E-state index contributed by atoms with van der Waals surface area (Å²) >= 11 is 0. The molecule has 0 aliphatic heterocycles. The van der Waals surface area contributed by atoms with Crippen molar-refractivity contribution in [1.29, 1.82) is 0 Å². The molecule has 0 aliphatic carbocycles. The number of hydrogen-bond acceptors (Lipinski definition) is 5. The third-order valence-corrected chi connectivity index (χ3v) is 5.34. The topological polar surface area (TPSA) is 97.5 Å². The maximum atomic E-state index is 12.9. The molecule has 168 valence electrons. The Morgan fingerprint density at radius 3 is 2.64 bits per heavy atom. The van der Waals surface area contributed by atoms with Gasteiger partial charge in [-0.25, -0.2) is 0 Å². The van der Waals surface area contributed by atoms with Gasteiger partial charge in [0.15, 0.2) is 0 Å². The van der Waals surface area contributed by atoms with Crippen LogP contribution in [-0.4, -0.2) is 35.7 Å². The number of aromatic nitrogens is 1. The standard InChI is InChI=1S/C27H27N3O3/c28-10-13-33-24-16-21(22-14-20-9-5-11-29-26(20)25(31)18-22)15-23(17-24)27(32)30-12-4-8-19-6-2-1-3-7-19/h1-3,5-7,9,11,14-18,31H,4,8,10,12-13,28H2,(H,30,32). The van der Waals surface area contributed by atoms with E-state index >= 15 is 0 Å². The number of aromatic hydroxyl groups is 1. The summed E-state index contributed by atoms with van der Waals surface area (Å²) in [5.41, 5.74) is 9.40. The highest BCUT2D eigenvalue weighted by Crippen LogP contribution is 2.33. The minimum Gasteiger partial charge on any atom is -0.506 e. The van der Waals surface area contributed by atoms with Crippen molar-refractivity contribution in [3.8, 4) is 22.6 Å². The smallest absolute Gasteiger partial charge is 0.251 e. The van der Waals surface area contributed by atoms with Crippen molar-refractivity contribution in [3.05, 3.63) is 90.1 Å². The quantitative estimate of drug-likeness (QED) is 0.336. The zero-order valence-electron chi connectivity index (χ0n) is 18.3. The fourth-order valence-corrected chi connectivity index (χ4v) is 3.74. The second-order valence-electron chi connectivity index (χ2n) is 7.80. The molecule has 4 N–H and O–H groups in total. The average molecular weight is 442 g/mol. The Kier molecular flexibility index (Phi) is 7.17. The van der Waals surface area contributed by atoms with Crippen LogP contribution >= 0.6 is 0 Å². The van der Waals surface area contributed by atoms with Crippen LogP contribution in [0.4, 0.5) is 0 Å². The Bertz CT molecular complexity index is 1240. The van der Waals surface area contributed by atoms with Crippen molar-refractivity contribution >= 4 is 16.8 Å². The molecule has 1 heterocycles. The van der Waals surface area contributed by atoms with E-state index in [1.807, 2.05) is 42.5 Å². The lowest BCUT2D eigenvalue weighted by atomic mass is 9.99. The molecular formula is C27H27N3O3. The summed E-state index contributed by atoms with van der Waals surface area (Å²) in [7, 11) is 0. The summed E-state index contributed by atoms with van der Waals surface area (Å²) < 4.78 is 5.73. The molecule has 0 radical (unpaired) electrons. The van der Waals surface area contributed by atoms with Crippen LogP contribution in [0.3, 0.4) is 0 Å². The fourth-order valence-electron chi connectivity index (χ4n) is 3.74. The highest BCUT2D eigenvalue weighted by Gasteiger charge is 2.13. The molecule has 3 aromatic carbocycles. The third-order valence-electron chi connectivity index (χ3n) is 5.34. The number of ether oxygens (including phenoxy) is 1. The summed E-state index contributed by atoms with van der Waals surface area (Å²) in [5, 5.41) is 14.3. The zero-order chi connectivity index (χ0) is 23.0. The minimum absolute atomic E-state index is 0.0864. The first-order valence-electron chi connectivity index (χ1n) is 11.0. The van der Waals surface area contributed by atoms with Gasteiger partial charge in [0.1, 0.15) is 23.6 Å². The van der Waals surface area contributed by atoms with Gasteiger partial charge in [0.2, 0.25) is 0 Å². The average Bonchev–Trinajstić information content (AvgIpc) is 2.85. The molecule has 0 atom stereocenters. The summed E-state index contributed by atoms with van der Waals surface area (Å²) in [6.45, 7) is 1.28. The van der Waals surface area contributed by atoms with E-state index in [0.717, 1.165) is 29.4 Å². The van der Waals surface area contributed by atoms with Gasteiger partial charge in [-0.15, -0.1) is 0 Å². The largest absolute Gasteiger partial charge is 0.506 e. The van der Waals surface area contributed by atoms with Crippen molar-refractivity contribution in [2.24, 2.45) is 5.73 Å². The molecule has 0 aliphatic rings. The third kappa shape index (κ3) is 5.67. The molecule has 4 rings (SSSR count). The van der Waals surface area contributed by atoms with E-state index < -0.39 is 0 Å². The van der Waals surface area contributed by atoms with Crippen molar-refractivity contribution in [1.82, 2.24) is 10.3 Å². The van der Waals surface area contributed by atoms with E-state index in [9.17, 15) is 9.90 Å². The van der Waals surface area contributed by atoms with E-state index in [2.05, 4.69) is 22.4 Å². The Hall–Kier alpha value is -3.90. The molecule has 0 spiro atoms. The van der Waals surface area contributed by atoms with Crippen LogP contribution in [0.25, 0.3) is 22.0 Å². The number of nitrogens with zero attached hydrogens (tertiary/aromatic N) is 1. The number of aryl methyl sites for hydroxylation is 1.